The Morgan fingerprint density at radius 3 is 2.27 bits per heavy atom. The van der Waals surface area contributed by atoms with Crippen LogP contribution < -0.4 is 0 Å². The molecule has 2 aromatic carbocycles. The second kappa shape index (κ2) is 8.81. The number of benzene rings is 2. The molecule has 0 unspecified atom stereocenters. The number of carbonyl (C=O) groups excluding carboxylic acids is 1. The molecule has 6 nitrogen and oxygen atoms in total. The third-order valence-electron chi connectivity index (χ3n) is 7.39. The van der Waals surface area contributed by atoms with Gasteiger partial charge in [0.1, 0.15) is 5.82 Å². The first-order valence-corrected chi connectivity index (χ1v) is 13.1. The van der Waals surface area contributed by atoms with Gasteiger partial charge in [0, 0.05) is 39.4 Å². The molecule has 0 bridgehead atoms. The molecule has 0 atom stereocenters. The van der Waals surface area contributed by atoms with Crippen LogP contribution in [0, 0.1) is 5.82 Å². The molecule has 176 valence electrons. The SMILES string of the molecule is O=C(N1CCN(S(=O)(=O)c2ccc3c(c2)CCC3)CC1)C1(c2ccc(F)cc2)CCOCC1. The van der Waals surface area contributed by atoms with E-state index in [1.807, 2.05) is 12.1 Å². The van der Waals surface area contributed by atoms with E-state index in [2.05, 4.69) is 0 Å². The van der Waals surface area contributed by atoms with E-state index < -0.39 is 15.4 Å². The molecule has 2 aromatic rings. The number of ether oxygens (including phenoxy) is 1. The molecule has 1 amide bonds. The van der Waals surface area contributed by atoms with Crippen LogP contribution in [0.3, 0.4) is 0 Å². The van der Waals surface area contributed by atoms with Gasteiger partial charge >= 0.3 is 0 Å². The number of piperazine rings is 1. The van der Waals surface area contributed by atoms with E-state index in [1.54, 1.807) is 23.1 Å². The Kier molecular flexibility index (Phi) is 6.01. The van der Waals surface area contributed by atoms with Gasteiger partial charge < -0.3 is 9.64 Å². The van der Waals surface area contributed by atoms with Crippen molar-refractivity contribution >= 4 is 15.9 Å². The number of hydrogen-bond donors (Lipinski definition) is 0. The number of amides is 1. The monoisotopic (exact) mass is 472 g/mol. The van der Waals surface area contributed by atoms with Gasteiger partial charge in [0.2, 0.25) is 15.9 Å². The van der Waals surface area contributed by atoms with Crippen molar-refractivity contribution in [3.05, 3.63) is 65.0 Å². The molecule has 0 saturated carbocycles. The standard InChI is InChI=1S/C25H29FN2O4S/c26-22-7-5-21(6-8-22)25(10-16-32-17-11-25)24(29)27-12-14-28(15-13-27)33(30,31)23-9-4-19-2-1-3-20(19)18-23/h4-9,18H,1-3,10-17H2. The topological polar surface area (TPSA) is 66.9 Å². The summed E-state index contributed by atoms with van der Waals surface area (Å²) in [6.45, 7) is 2.15. The highest BCUT2D eigenvalue weighted by molar-refractivity contribution is 7.89. The van der Waals surface area contributed by atoms with Gasteiger partial charge in [-0.1, -0.05) is 18.2 Å². The number of sulfonamides is 1. The lowest BCUT2D eigenvalue weighted by atomic mass is 9.73. The second-order valence-electron chi connectivity index (χ2n) is 9.18. The molecule has 2 saturated heterocycles. The Morgan fingerprint density at radius 2 is 1.58 bits per heavy atom. The molecule has 33 heavy (non-hydrogen) atoms. The third kappa shape index (κ3) is 4.09. The van der Waals surface area contributed by atoms with Crippen LogP contribution in [0.15, 0.2) is 47.4 Å². The minimum Gasteiger partial charge on any atom is -0.381 e. The van der Waals surface area contributed by atoms with Gasteiger partial charge in [-0.05, 0) is 73.1 Å². The van der Waals surface area contributed by atoms with Gasteiger partial charge in [0.05, 0.1) is 10.3 Å². The summed E-state index contributed by atoms with van der Waals surface area (Å²) < 4.78 is 47.0. The van der Waals surface area contributed by atoms with E-state index in [-0.39, 0.29) is 24.8 Å². The van der Waals surface area contributed by atoms with Gasteiger partial charge in [0.15, 0.2) is 0 Å². The maximum absolute atomic E-state index is 13.7. The number of fused-ring (bicyclic) bond motifs is 1. The Morgan fingerprint density at radius 1 is 0.909 bits per heavy atom. The first kappa shape index (κ1) is 22.5. The van der Waals surface area contributed by atoms with Crippen molar-refractivity contribution in [3.8, 4) is 0 Å². The van der Waals surface area contributed by atoms with E-state index in [1.165, 1.54) is 22.0 Å². The summed E-state index contributed by atoms with van der Waals surface area (Å²) in [6, 6.07) is 11.6. The fourth-order valence-corrected chi connectivity index (χ4v) is 6.88. The summed E-state index contributed by atoms with van der Waals surface area (Å²) >= 11 is 0. The summed E-state index contributed by atoms with van der Waals surface area (Å²) in [6.07, 6.45) is 4.07. The molecular formula is C25H29FN2O4S. The van der Waals surface area contributed by atoms with E-state index in [0.29, 0.717) is 44.0 Å². The van der Waals surface area contributed by atoms with Crippen molar-refractivity contribution in [2.75, 3.05) is 39.4 Å². The van der Waals surface area contributed by atoms with Crippen LogP contribution in [0.5, 0.6) is 0 Å². The molecule has 0 aromatic heterocycles. The molecule has 3 aliphatic rings. The Balaban J connectivity index is 1.32. The number of hydrogen-bond acceptors (Lipinski definition) is 4. The molecule has 8 heteroatoms. The van der Waals surface area contributed by atoms with Crippen LogP contribution in [-0.4, -0.2) is 62.9 Å². The Hall–Kier alpha value is -2.29. The third-order valence-corrected chi connectivity index (χ3v) is 9.28. The molecule has 5 rings (SSSR count). The number of rotatable bonds is 4. The van der Waals surface area contributed by atoms with E-state index >= 15 is 0 Å². The quantitative estimate of drug-likeness (QED) is 0.686. The predicted molar refractivity (Wildman–Crippen MR) is 122 cm³/mol. The average Bonchev–Trinajstić information content (AvgIpc) is 3.32. The highest BCUT2D eigenvalue weighted by Gasteiger charge is 2.45. The summed E-state index contributed by atoms with van der Waals surface area (Å²) in [4.78, 5) is 15.8. The van der Waals surface area contributed by atoms with Crippen molar-refractivity contribution < 1.29 is 22.3 Å². The van der Waals surface area contributed by atoms with E-state index in [0.717, 1.165) is 30.4 Å². The highest BCUT2D eigenvalue weighted by atomic mass is 32.2. The molecular weight excluding hydrogens is 443 g/mol. The lowest BCUT2D eigenvalue weighted by molar-refractivity contribution is -0.142. The summed E-state index contributed by atoms with van der Waals surface area (Å²) in [5.74, 6) is -0.356. The van der Waals surface area contributed by atoms with Gasteiger partial charge in [-0.15, -0.1) is 0 Å². The summed E-state index contributed by atoms with van der Waals surface area (Å²) in [5.41, 5.74) is 2.41. The fraction of sp³-hybridized carbons (Fsp3) is 0.480. The van der Waals surface area contributed by atoms with Crippen molar-refractivity contribution in [1.29, 1.82) is 0 Å². The maximum atomic E-state index is 13.7. The second-order valence-corrected chi connectivity index (χ2v) is 11.1. The largest absolute Gasteiger partial charge is 0.381 e. The predicted octanol–water partition coefficient (Wildman–Crippen LogP) is 2.90. The van der Waals surface area contributed by atoms with Crippen molar-refractivity contribution in [2.24, 2.45) is 0 Å². The lowest BCUT2D eigenvalue weighted by Gasteiger charge is -2.42. The van der Waals surface area contributed by atoms with Crippen LogP contribution in [0.25, 0.3) is 0 Å². The van der Waals surface area contributed by atoms with Crippen LogP contribution in [-0.2, 0) is 37.8 Å². The van der Waals surface area contributed by atoms with Crippen molar-refractivity contribution in [1.82, 2.24) is 9.21 Å². The number of nitrogens with zero attached hydrogens (tertiary/aromatic N) is 2. The smallest absolute Gasteiger partial charge is 0.243 e. The first-order chi connectivity index (χ1) is 15.9. The molecule has 0 spiro atoms. The maximum Gasteiger partial charge on any atom is 0.243 e. The summed E-state index contributed by atoms with van der Waals surface area (Å²) in [5, 5.41) is 0. The Bertz CT molecular complexity index is 1140. The highest BCUT2D eigenvalue weighted by Crippen LogP contribution is 2.37. The van der Waals surface area contributed by atoms with E-state index in [9.17, 15) is 17.6 Å². The number of carbonyl (C=O) groups is 1. The minimum absolute atomic E-state index is 0.0213. The summed E-state index contributed by atoms with van der Waals surface area (Å²) in [7, 11) is -3.60. The molecule has 2 fully saturated rings. The van der Waals surface area contributed by atoms with E-state index in [4.69, 9.17) is 4.74 Å². The fourth-order valence-electron chi connectivity index (χ4n) is 5.41. The minimum atomic E-state index is -3.60. The molecule has 2 heterocycles. The molecule has 0 N–H and O–H groups in total. The normalized spacial score (nSPS) is 21.1. The van der Waals surface area contributed by atoms with Crippen molar-refractivity contribution in [2.45, 2.75) is 42.4 Å². The van der Waals surface area contributed by atoms with Gasteiger partial charge in [0.25, 0.3) is 0 Å². The molecule has 1 aliphatic carbocycles. The van der Waals surface area contributed by atoms with Crippen LogP contribution in [0.2, 0.25) is 0 Å². The van der Waals surface area contributed by atoms with Crippen LogP contribution in [0.4, 0.5) is 4.39 Å². The number of halogens is 1. The first-order valence-electron chi connectivity index (χ1n) is 11.7. The zero-order chi connectivity index (χ0) is 23.1. The molecule has 2 aliphatic heterocycles. The van der Waals surface area contributed by atoms with Gasteiger partial charge in [-0.25, -0.2) is 12.8 Å². The van der Waals surface area contributed by atoms with Crippen LogP contribution >= 0.6 is 0 Å². The Labute approximate surface area is 194 Å². The number of aryl methyl sites for hydroxylation is 2. The zero-order valence-electron chi connectivity index (χ0n) is 18.6. The average molecular weight is 473 g/mol. The lowest BCUT2D eigenvalue weighted by Crippen LogP contribution is -2.56. The van der Waals surface area contributed by atoms with Gasteiger partial charge in [-0.2, -0.15) is 4.31 Å². The van der Waals surface area contributed by atoms with Crippen LogP contribution in [0.1, 0.15) is 36.0 Å². The molecule has 0 radical (unpaired) electrons. The van der Waals surface area contributed by atoms with Crippen molar-refractivity contribution in [3.63, 3.8) is 0 Å². The van der Waals surface area contributed by atoms with Gasteiger partial charge in [-0.3, -0.25) is 4.79 Å². The zero-order valence-corrected chi connectivity index (χ0v) is 19.4.